The molecule has 0 atom stereocenters. The zero-order valence-electron chi connectivity index (χ0n) is 11.9. The summed E-state index contributed by atoms with van der Waals surface area (Å²) in [6.45, 7) is 1.64. The lowest BCUT2D eigenvalue weighted by molar-refractivity contribution is 0.289. The lowest BCUT2D eigenvalue weighted by atomic mass is 10.2. The Labute approximate surface area is 123 Å². The number of aliphatic hydroxyl groups is 1. The molecule has 0 aliphatic carbocycles. The molecule has 2 aromatic rings. The minimum Gasteiger partial charge on any atom is -0.396 e. The lowest BCUT2D eigenvalue weighted by Crippen LogP contribution is -2.25. The summed E-state index contributed by atoms with van der Waals surface area (Å²) >= 11 is 1.41. The molecule has 1 N–H and O–H groups in total. The Balaban J connectivity index is 2.10. The highest BCUT2D eigenvalue weighted by atomic mass is 32.1. The molecule has 5 nitrogen and oxygen atoms in total. The van der Waals surface area contributed by atoms with Crippen molar-refractivity contribution in [3.05, 3.63) is 36.2 Å². The molecule has 0 fully saturated rings. The number of hydrogen-bond donors (Lipinski definition) is 1. The Bertz CT molecular complexity index is 515. The highest BCUT2D eigenvalue weighted by Gasteiger charge is 2.11. The molecule has 0 spiro atoms. The highest BCUT2D eigenvalue weighted by molar-refractivity contribution is 7.09. The van der Waals surface area contributed by atoms with Crippen molar-refractivity contribution < 1.29 is 5.11 Å². The predicted molar refractivity (Wildman–Crippen MR) is 83.4 cm³/mol. The first-order chi connectivity index (χ1) is 9.70. The van der Waals surface area contributed by atoms with E-state index in [1.165, 1.54) is 11.5 Å². The number of aromatic nitrogens is 2. The van der Waals surface area contributed by atoms with Gasteiger partial charge in [-0.25, -0.2) is 4.98 Å². The number of para-hydroxylation sites is 1. The van der Waals surface area contributed by atoms with Gasteiger partial charge in [0.2, 0.25) is 5.13 Å². The van der Waals surface area contributed by atoms with Gasteiger partial charge in [0, 0.05) is 44.5 Å². The number of anilines is 2. The second-order valence-corrected chi connectivity index (χ2v) is 5.45. The molecule has 1 aromatic carbocycles. The minimum atomic E-state index is 0.191. The zero-order chi connectivity index (χ0) is 14.4. The van der Waals surface area contributed by atoms with E-state index in [0.717, 1.165) is 29.6 Å². The van der Waals surface area contributed by atoms with Crippen LogP contribution in [-0.4, -0.2) is 41.7 Å². The maximum Gasteiger partial charge on any atom is 0.204 e. The molecule has 0 aliphatic rings. The molecule has 20 heavy (non-hydrogen) atoms. The number of nitrogens with zero attached hydrogens (tertiary/aromatic N) is 4. The molecule has 108 valence electrons. The van der Waals surface area contributed by atoms with Gasteiger partial charge in [0.15, 0.2) is 5.82 Å². The third-order valence-corrected chi connectivity index (χ3v) is 3.80. The third-order valence-electron chi connectivity index (χ3n) is 2.88. The highest BCUT2D eigenvalue weighted by Crippen LogP contribution is 2.19. The van der Waals surface area contributed by atoms with Gasteiger partial charge < -0.3 is 14.9 Å². The fourth-order valence-electron chi connectivity index (χ4n) is 1.86. The van der Waals surface area contributed by atoms with Gasteiger partial charge in [-0.3, -0.25) is 0 Å². The third kappa shape index (κ3) is 3.91. The topological polar surface area (TPSA) is 52.5 Å². The van der Waals surface area contributed by atoms with Crippen LogP contribution in [0.5, 0.6) is 0 Å². The predicted octanol–water partition coefficient (Wildman–Crippen LogP) is 1.99. The van der Waals surface area contributed by atoms with E-state index >= 15 is 0 Å². The van der Waals surface area contributed by atoms with E-state index in [4.69, 9.17) is 5.11 Å². The molecule has 0 amide bonds. The summed E-state index contributed by atoms with van der Waals surface area (Å²) in [5, 5.41) is 9.95. The van der Waals surface area contributed by atoms with Crippen LogP contribution in [0.3, 0.4) is 0 Å². The van der Waals surface area contributed by atoms with Crippen molar-refractivity contribution in [2.45, 2.75) is 13.0 Å². The van der Waals surface area contributed by atoms with Crippen molar-refractivity contribution in [2.24, 2.45) is 0 Å². The van der Waals surface area contributed by atoms with E-state index in [1.54, 1.807) is 0 Å². The summed E-state index contributed by atoms with van der Waals surface area (Å²) in [5.74, 6) is 0.820. The Hall–Kier alpha value is -1.66. The number of hydrogen-bond acceptors (Lipinski definition) is 6. The van der Waals surface area contributed by atoms with Crippen LogP contribution in [0.2, 0.25) is 0 Å². The monoisotopic (exact) mass is 292 g/mol. The van der Waals surface area contributed by atoms with Crippen LogP contribution in [-0.2, 0) is 6.54 Å². The van der Waals surface area contributed by atoms with Crippen molar-refractivity contribution >= 4 is 22.4 Å². The van der Waals surface area contributed by atoms with Gasteiger partial charge in [0.1, 0.15) is 0 Å². The molecular weight excluding hydrogens is 272 g/mol. The molecule has 6 heteroatoms. The molecule has 2 rings (SSSR count). The second kappa shape index (κ2) is 7.21. The number of benzene rings is 1. The van der Waals surface area contributed by atoms with Crippen LogP contribution in [0.1, 0.15) is 12.2 Å². The van der Waals surface area contributed by atoms with Crippen LogP contribution in [0.25, 0.3) is 0 Å². The first-order valence-electron chi connectivity index (χ1n) is 6.61. The Morgan fingerprint density at radius 1 is 1.20 bits per heavy atom. The summed E-state index contributed by atoms with van der Waals surface area (Å²) < 4.78 is 4.40. The maximum atomic E-state index is 9.04. The normalized spacial score (nSPS) is 10.6. The smallest absolute Gasteiger partial charge is 0.204 e. The first-order valence-corrected chi connectivity index (χ1v) is 7.39. The summed E-state index contributed by atoms with van der Waals surface area (Å²) in [7, 11) is 3.93. The zero-order valence-corrected chi connectivity index (χ0v) is 12.7. The van der Waals surface area contributed by atoms with Gasteiger partial charge in [-0.05, 0) is 18.6 Å². The molecule has 0 aliphatic heterocycles. The van der Waals surface area contributed by atoms with E-state index in [9.17, 15) is 0 Å². The Morgan fingerprint density at radius 3 is 2.55 bits per heavy atom. The van der Waals surface area contributed by atoms with Crippen molar-refractivity contribution in [1.82, 2.24) is 9.36 Å². The molecule has 0 unspecified atom stereocenters. The molecule has 0 saturated carbocycles. The first kappa shape index (κ1) is 14.7. The summed E-state index contributed by atoms with van der Waals surface area (Å²) in [6, 6.07) is 10.2. The van der Waals surface area contributed by atoms with Crippen molar-refractivity contribution in [2.75, 3.05) is 37.0 Å². The molecule has 0 bridgehead atoms. The standard InChI is InChI=1S/C14H20N4OS/c1-17(2)14-15-13(16-20-14)11-18(9-6-10-19)12-7-4-3-5-8-12/h3-5,7-8,19H,6,9-11H2,1-2H3. The van der Waals surface area contributed by atoms with Gasteiger partial charge in [0.25, 0.3) is 0 Å². The molecule has 0 radical (unpaired) electrons. The summed E-state index contributed by atoms with van der Waals surface area (Å²) in [6.07, 6.45) is 0.736. The largest absolute Gasteiger partial charge is 0.396 e. The SMILES string of the molecule is CN(C)c1nc(CN(CCCO)c2ccccc2)ns1. The Kier molecular flexibility index (Phi) is 5.31. The van der Waals surface area contributed by atoms with Crippen molar-refractivity contribution in [1.29, 1.82) is 0 Å². The second-order valence-electron chi connectivity index (χ2n) is 4.72. The fraction of sp³-hybridized carbons (Fsp3) is 0.429. The van der Waals surface area contributed by atoms with Crippen LogP contribution in [0, 0.1) is 0 Å². The van der Waals surface area contributed by atoms with E-state index in [2.05, 4.69) is 26.4 Å². The van der Waals surface area contributed by atoms with E-state index in [0.29, 0.717) is 6.54 Å². The molecule has 1 heterocycles. The van der Waals surface area contributed by atoms with Gasteiger partial charge in [-0.2, -0.15) is 4.37 Å². The molecular formula is C14H20N4OS. The van der Waals surface area contributed by atoms with Crippen molar-refractivity contribution in [3.63, 3.8) is 0 Å². The number of rotatable bonds is 7. The average molecular weight is 292 g/mol. The Morgan fingerprint density at radius 2 is 1.95 bits per heavy atom. The van der Waals surface area contributed by atoms with Crippen LogP contribution in [0.4, 0.5) is 10.8 Å². The summed E-state index contributed by atoms with van der Waals surface area (Å²) in [4.78, 5) is 8.66. The van der Waals surface area contributed by atoms with E-state index in [-0.39, 0.29) is 6.61 Å². The van der Waals surface area contributed by atoms with Crippen LogP contribution >= 0.6 is 11.5 Å². The van der Waals surface area contributed by atoms with Gasteiger partial charge >= 0.3 is 0 Å². The van der Waals surface area contributed by atoms with Crippen LogP contribution < -0.4 is 9.80 Å². The quantitative estimate of drug-likeness (QED) is 0.846. The minimum absolute atomic E-state index is 0.191. The van der Waals surface area contributed by atoms with E-state index in [1.807, 2.05) is 37.2 Å². The van der Waals surface area contributed by atoms with Crippen molar-refractivity contribution in [3.8, 4) is 0 Å². The van der Waals surface area contributed by atoms with E-state index < -0.39 is 0 Å². The molecule has 0 saturated heterocycles. The maximum absolute atomic E-state index is 9.04. The van der Waals surface area contributed by atoms with Crippen LogP contribution in [0.15, 0.2) is 30.3 Å². The summed E-state index contributed by atoms with van der Waals surface area (Å²) in [5.41, 5.74) is 1.13. The molecule has 1 aromatic heterocycles. The number of aliphatic hydroxyl groups excluding tert-OH is 1. The van der Waals surface area contributed by atoms with Gasteiger partial charge in [-0.15, -0.1) is 0 Å². The lowest BCUT2D eigenvalue weighted by Gasteiger charge is -2.23. The van der Waals surface area contributed by atoms with Gasteiger partial charge in [0.05, 0.1) is 6.54 Å². The average Bonchev–Trinajstić information content (AvgIpc) is 2.93. The van der Waals surface area contributed by atoms with Gasteiger partial charge in [-0.1, -0.05) is 18.2 Å². The fourth-order valence-corrected chi connectivity index (χ4v) is 2.46.